The summed E-state index contributed by atoms with van der Waals surface area (Å²) in [6, 6.07) is 0. The van der Waals surface area contributed by atoms with E-state index in [2.05, 4.69) is 53.7 Å². The van der Waals surface area contributed by atoms with Crippen LogP contribution >= 0.6 is 0 Å². The highest BCUT2D eigenvalue weighted by Crippen LogP contribution is 2.60. The van der Waals surface area contributed by atoms with Gasteiger partial charge in [-0.15, -0.1) is 0 Å². The van der Waals surface area contributed by atoms with Crippen LogP contribution in [0.25, 0.3) is 0 Å². The van der Waals surface area contributed by atoms with Gasteiger partial charge in [-0.05, 0) is 85.9 Å². The molecule has 0 saturated heterocycles. The maximum Gasteiger partial charge on any atom is 0.0628 e. The van der Waals surface area contributed by atoms with Crippen LogP contribution in [0.4, 0.5) is 0 Å². The molecule has 3 saturated carbocycles. The average Bonchev–Trinajstić information content (AvgIpc) is 3.00. The third-order valence-electron chi connectivity index (χ3n) is 9.15. The fourth-order valence-corrected chi connectivity index (χ4v) is 6.92. The van der Waals surface area contributed by atoms with Gasteiger partial charge in [0.05, 0.1) is 6.10 Å². The van der Waals surface area contributed by atoms with Gasteiger partial charge in [-0.25, -0.2) is 0 Å². The Kier molecular flexibility index (Phi) is 7.40. The summed E-state index contributed by atoms with van der Waals surface area (Å²) in [6.45, 7) is 14.3. The van der Waals surface area contributed by atoms with Crippen molar-refractivity contribution in [1.29, 1.82) is 0 Å². The monoisotopic (exact) mass is 400 g/mol. The van der Waals surface area contributed by atoms with Gasteiger partial charge in [-0.1, -0.05) is 84.1 Å². The second-order valence-corrected chi connectivity index (χ2v) is 12.2. The molecule has 29 heavy (non-hydrogen) atoms. The van der Waals surface area contributed by atoms with E-state index in [0.717, 1.165) is 42.9 Å². The molecule has 0 spiro atoms. The van der Waals surface area contributed by atoms with Crippen molar-refractivity contribution in [1.82, 2.24) is 0 Å². The van der Waals surface area contributed by atoms with E-state index in [9.17, 15) is 5.11 Å². The van der Waals surface area contributed by atoms with Crippen molar-refractivity contribution in [3.8, 4) is 0 Å². The Labute approximate surface area is 181 Å². The first-order chi connectivity index (χ1) is 13.6. The van der Waals surface area contributed by atoms with Gasteiger partial charge in [0.2, 0.25) is 0 Å². The van der Waals surface area contributed by atoms with Gasteiger partial charge < -0.3 is 5.11 Å². The molecule has 1 N–H and O–H groups in total. The highest BCUT2D eigenvalue weighted by molar-refractivity contribution is 5.26. The highest BCUT2D eigenvalue weighted by Gasteiger charge is 2.50. The summed E-state index contributed by atoms with van der Waals surface area (Å²) < 4.78 is 0. The first kappa shape index (κ1) is 23.1. The second-order valence-electron chi connectivity index (χ2n) is 12.2. The lowest BCUT2D eigenvalue weighted by Crippen LogP contribution is -2.36. The van der Waals surface area contributed by atoms with Crippen LogP contribution < -0.4 is 0 Å². The van der Waals surface area contributed by atoms with Crippen LogP contribution in [-0.4, -0.2) is 11.2 Å². The molecular weight excluding hydrogens is 352 g/mol. The number of hydrogen-bond donors (Lipinski definition) is 1. The van der Waals surface area contributed by atoms with Gasteiger partial charge in [0.25, 0.3) is 0 Å². The lowest BCUT2D eigenvalue weighted by atomic mass is 9.60. The zero-order chi connectivity index (χ0) is 21.2. The summed E-state index contributed by atoms with van der Waals surface area (Å²) in [7, 11) is 0. The molecule has 0 amide bonds. The van der Waals surface area contributed by atoms with Gasteiger partial charge in [0.15, 0.2) is 0 Å². The maximum absolute atomic E-state index is 10.5. The Morgan fingerprint density at radius 2 is 1.76 bits per heavy atom. The van der Waals surface area contributed by atoms with Crippen LogP contribution in [0.5, 0.6) is 0 Å². The van der Waals surface area contributed by atoms with E-state index in [1.807, 2.05) is 0 Å². The molecule has 0 aromatic heterocycles. The number of aliphatic hydroxyl groups excluding tert-OH is 1. The molecule has 0 aromatic rings. The first-order valence-electron chi connectivity index (χ1n) is 12.7. The summed E-state index contributed by atoms with van der Waals surface area (Å²) in [5, 5.41) is 10.5. The van der Waals surface area contributed by atoms with Crippen LogP contribution in [0.15, 0.2) is 23.3 Å². The maximum atomic E-state index is 10.5. The van der Waals surface area contributed by atoms with Crippen molar-refractivity contribution in [2.75, 3.05) is 0 Å². The second kappa shape index (κ2) is 9.29. The molecule has 3 aliphatic carbocycles. The lowest BCUT2D eigenvalue weighted by Gasteiger charge is -2.44. The van der Waals surface area contributed by atoms with Crippen LogP contribution in [0, 0.1) is 34.5 Å². The molecule has 0 heterocycles. The molecule has 1 nitrogen and oxygen atoms in total. The van der Waals surface area contributed by atoms with E-state index in [0.29, 0.717) is 5.41 Å². The summed E-state index contributed by atoms with van der Waals surface area (Å²) in [6.07, 6.45) is 19.0. The predicted octanol–water partition coefficient (Wildman–Crippen LogP) is 8.09. The van der Waals surface area contributed by atoms with E-state index in [-0.39, 0.29) is 11.5 Å². The molecule has 3 fully saturated rings. The van der Waals surface area contributed by atoms with Gasteiger partial charge in [0, 0.05) is 0 Å². The zero-order valence-electron chi connectivity index (χ0n) is 20.3. The molecule has 0 bridgehead atoms. The minimum atomic E-state index is -0.180. The standard InChI is InChI=1S/C28H48O/c1-20(2)9-7-10-21(3)24-14-15-25-23(11-8-17-28(24,25)6)13-12-22-16-18-27(4,5)26(29)19-22/h12-13,20-21,24-26,29H,7-11,14-19H2,1-6H3/b22-12-,23-13+/t21-,24?,25?,26+,28+/m0/s1. The molecule has 166 valence electrons. The number of rotatable bonds is 6. The van der Waals surface area contributed by atoms with Crippen molar-refractivity contribution < 1.29 is 5.11 Å². The van der Waals surface area contributed by atoms with Crippen LogP contribution in [0.1, 0.15) is 112 Å². The summed E-state index contributed by atoms with van der Waals surface area (Å²) in [5.74, 6) is 3.43. The Hall–Kier alpha value is -0.560. The SMILES string of the molecule is CC(C)CCC[C@H](C)C1CCC2/C(=C/C=C3/CCC(C)(C)[C@H](O)C3)CCC[C@@]21C. The molecule has 3 rings (SSSR count). The molecule has 3 aliphatic rings. The first-order valence-corrected chi connectivity index (χ1v) is 12.7. The van der Waals surface area contributed by atoms with Crippen molar-refractivity contribution in [3.63, 3.8) is 0 Å². The van der Waals surface area contributed by atoms with Gasteiger partial charge >= 0.3 is 0 Å². The molecular formula is C28H48O. The Morgan fingerprint density at radius 3 is 2.45 bits per heavy atom. The summed E-state index contributed by atoms with van der Waals surface area (Å²) in [5.41, 5.74) is 3.79. The number of aliphatic hydroxyl groups is 1. The summed E-state index contributed by atoms with van der Waals surface area (Å²) >= 11 is 0. The molecule has 1 heteroatoms. The highest BCUT2D eigenvalue weighted by atomic mass is 16.3. The predicted molar refractivity (Wildman–Crippen MR) is 126 cm³/mol. The Morgan fingerprint density at radius 1 is 1.00 bits per heavy atom. The molecule has 0 aromatic carbocycles. The van der Waals surface area contributed by atoms with E-state index in [1.54, 1.807) is 5.57 Å². The largest absolute Gasteiger partial charge is 0.392 e. The van der Waals surface area contributed by atoms with Crippen molar-refractivity contribution >= 4 is 0 Å². The molecule has 2 unspecified atom stereocenters. The van der Waals surface area contributed by atoms with Crippen LogP contribution in [0.2, 0.25) is 0 Å². The molecule has 0 aliphatic heterocycles. The number of fused-ring (bicyclic) bond motifs is 1. The van der Waals surface area contributed by atoms with E-state index < -0.39 is 0 Å². The topological polar surface area (TPSA) is 20.2 Å². The van der Waals surface area contributed by atoms with Crippen LogP contribution in [0.3, 0.4) is 0 Å². The third kappa shape index (κ3) is 5.20. The molecule has 0 radical (unpaired) electrons. The van der Waals surface area contributed by atoms with E-state index >= 15 is 0 Å². The smallest absolute Gasteiger partial charge is 0.0628 e. The number of hydrogen-bond acceptors (Lipinski definition) is 1. The third-order valence-corrected chi connectivity index (χ3v) is 9.15. The Bertz CT molecular complexity index is 610. The van der Waals surface area contributed by atoms with Gasteiger partial charge in [-0.2, -0.15) is 0 Å². The van der Waals surface area contributed by atoms with E-state index in [4.69, 9.17) is 0 Å². The van der Waals surface area contributed by atoms with E-state index in [1.165, 1.54) is 56.9 Å². The minimum absolute atomic E-state index is 0.0816. The average molecular weight is 401 g/mol. The fourth-order valence-electron chi connectivity index (χ4n) is 6.92. The van der Waals surface area contributed by atoms with Gasteiger partial charge in [0.1, 0.15) is 0 Å². The van der Waals surface area contributed by atoms with Crippen molar-refractivity contribution in [3.05, 3.63) is 23.3 Å². The van der Waals surface area contributed by atoms with Gasteiger partial charge in [-0.3, -0.25) is 0 Å². The Balaban J connectivity index is 1.66. The summed E-state index contributed by atoms with van der Waals surface area (Å²) in [4.78, 5) is 0. The zero-order valence-corrected chi connectivity index (χ0v) is 20.3. The fraction of sp³-hybridized carbons (Fsp3) is 0.857. The minimum Gasteiger partial charge on any atom is -0.392 e. The lowest BCUT2D eigenvalue weighted by molar-refractivity contribution is 0.0302. The van der Waals surface area contributed by atoms with Crippen molar-refractivity contribution in [2.24, 2.45) is 34.5 Å². The number of allylic oxidation sites excluding steroid dienone is 3. The van der Waals surface area contributed by atoms with Crippen LogP contribution in [-0.2, 0) is 0 Å². The molecule has 5 atom stereocenters. The normalized spacial score (nSPS) is 38.6. The quantitative estimate of drug-likeness (QED) is 0.477. The van der Waals surface area contributed by atoms with Crippen molar-refractivity contribution in [2.45, 2.75) is 118 Å².